The molecule has 0 spiro atoms. The molecule has 3 aromatic carbocycles. The molecule has 4 atom stereocenters. The lowest BCUT2D eigenvalue weighted by Gasteiger charge is -2.30. The van der Waals surface area contributed by atoms with Crippen LogP contribution in [-0.2, 0) is 11.2 Å². The van der Waals surface area contributed by atoms with Gasteiger partial charge in [0.2, 0.25) is 5.91 Å². The first kappa shape index (κ1) is 31.9. The number of halogens is 6. The molecule has 0 aliphatic heterocycles. The molecule has 6 nitrogen and oxygen atoms in total. The maximum absolute atomic E-state index is 14.2. The molecule has 222 valence electrons. The van der Waals surface area contributed by atoms with Crippen LogP contribution in [0.25, 0.3) is 11.1 Å². The molecule has 0 unspecified atom stereocenters. The van der Waals surface area contributed by atoms with Crippen LogP contribution in [0, 0.1) is 11.7 Å². The zero-order valence-electron chi connectivity index (χ0n) is 22.3. The van der Waals surface area contributed by atoms with Gasteiger partial charge in [0.25, 0.3) is 6.43 Å². The topological polar surface area (TPSA) is 113 Å². The van der Waals surface area contributed by atoms with Crippen LogP contribution in [0.1, 0.15) is 42.7 Å². The third-order valence-electron chi connectivity index (χ3n) is 6.54. The molecule has 0 aliphatic rings. The average Bonchev–Trinajstić information content (AvgIpc) is 2.89. The van der Waals surface area contributed by atoms with Crippen LogP contribution in [0.3, 0.4) is 0 Å². The largest absolute Gasteiger partial charge is 0.407 e. The van der Waals surface area contributed by atoms with Crippen LogP contribution < -0.4 is 22.1 Å². The van der Waals surface area contributed by atoms with Crippen molar-refractivity contribution in [3.63, 3.8) is 0 Å². The number of rotatable bonds is 11. The summed E-state index contributed by atoms with van der Waals surface area (Å²) in [5.74, 6) is -1.96. The molecule has 0 saturated carbocycles. The van der Waals surface area contributed by atoms with Gasteiger partial charge in [0, 0.05) is 12.1 Å². The van der Waals surface area contributed by atoms with E-state index in [2.05, 4.69) is 10.6 Å². The van der Waals surface area contributed by atoms with Crippen molar-refractivity contribution in [2.75, 3.05) is 5.73 Å². The molecule has 3 aromatic rings. The Morgan fingerprint density at radius 1 is 0.927 bits per heavy atom. The first-order valence-electron chi connectivity index (χ1n) is 12.8. The fourth-order valence-corrected chi connectivity index (χ4v) is 4.31. The summed E-state index contributed by atoms with van der Waals surface area (Å²) in [7, 11) is 0. The Morgan fingerprint density at radius 2 is 1.46 bits per heavy atom. The third-order valence-corrected chi connectivity index (χ3v) is 6.54. The highest BCUT2D eigenvalue weighted by Crippen LogP contribution is 2.35. The standard InChI is InChI=1S/C29H32F6N4O2/c1-15(2)24(28(41)38-23(37)13-20-11-12-21(36)14-22(20)30)39-26(29(33,34)35)19-9-5-17(6-10-19)16-3-7-18(8-4-16)25(40)27(31)32/h3-12,14-15,23-27,39-40H,13,36-37H2,1-2H3,(H,38,41)/t23-,24-,25+,26-/m0/s1. The zero-order valence-corrected chi connectivity index (χ0v) is 22.3. The van der Waals surface area contributed by atoms with Gasteiger partial charge in [-0.15, -0.1) is 0 Å². The van der Waals surface area contributed by atoms with Crippen LogP contribution in [0.2, 0.25) is 0 Å². The molecule has 3 rings (SSSR count). The van der Waals surface area contributed by atoms with Gasteiger partial charge in [-0.1, -0.05) is 68.4 Å². The molecule has 0 aromatic heterocycles. The average molecular weight is 583 g/mol. The first-order valence-corrected chi connectivity index (χ1v) is 12.8. The van der Waals surface area contributed by atoms with E-state index < -0.39 is 54.6 Å². The van der Waals surface area contributed by atoms with Crippen molar-refractivity contribution in [3.8, 4) is 11.1 Å². The summed E-state index contributed by atoms with van der Waals surface area (Å²) in [5.41, 5.74) is 12.8. The zero-order chi connectivity index (χ0) is 30.5. The quantitative estimate of drug-likeness (QED) is 0.121. The predicted octanol–water partition coefficient (Wildman–Crippen LogP) is 5.23. The molecular weight excluding hydrogens is 550 g/mol. The summed E-state index contributed by atoms with van der Waals surface area (Å²) in [6, 6.07) is 11.5. The van der Waals surface area contributed by atoms with Gasteiger partial charge in [-0.25, -0.2) is 13.2 Å². The summed E-state index contributed by atoms with van der Waals surface area (Å²) in [6.07, 6.45) is -10.8. The number of hydrogen-bond acceptors (Lipinski definition) is 5. The molecule has 0 fully saturated rings. The third kappa shape index (κ3) is 8.44. The summed E-state index contributed by atoms with van der Waals surface area (Å²) in [5, 5.41) is 14.4. The Hall–Kier alpha value is -3.61. The fraction of sp³-hybridized carbons (Fsp3) is 0.345. The Labute approximate surface area is 233 Å². The maximum Gasteiger partial charge on any atom is 0.407 e. The number of hydrogen-bond donors (Lipinski definition) is 5. The van der Waals surface area contributed by atoms with Crippen molar-refractivity contribution >= 4 is 11.6 Å². The minimum absolute atomic E-state index is 0.0121. The van der Waals surface area contributed by atoms with Crippen LogP contribution in [-0.4, -0.2) is 35.8 Å². The van der Waals surface area contributed by atoms with Crippen LogP contribution in [0.5, 0.6) is 0 Å². The van der Waals surface area contributed by atoms with E-state index in [1.54, 1.807) is 13.8 Å². The van der Waals surface area contributed by atoms with E-state index >= 15 is 0 Å². The van der Waals surface area contributed by atoms with Crippen molar-refractivity contribution in [2.24, 2.45) is 11.7 Å². The number of nitrogen functional groups attached to an aromatic ring is 1. The second-order valence-corrected chi connectivity index (χ2v) is 10.1. The van der Waals surface area contributed by atoms with Crippen LogP contribution in [0.4, 0.5) is 32.0 Å². The van der Waals surface area contributed by atoms with E-state index in [1.165, 1.54) is 60.7 Å². The lowest BCUT2D eigenvalue weighted by atomic mass is 9.96. The van der Waals surface area contributed by atoms with Crippen molar-refractivity contribution in [3.05, 3.63) is 89.2 Å². The Morgan fingerprint density at radius 3 is 1.93 bits per heavy atom. The van der Waals surface area contributed by atoms with Crippen molar-refractivity contribution < 1.29 is 36.2 Å². The molecule has 0 radical (unpaired) electrons. The molecule has 1 amide bonds. The lowest BCUT2D eigenvalue weighted by Crippen LogP contribution is -2.55. The predicted molar refractivity (Wildman–Crippen MR) is 144 cm³/mol. The number of aliphatic hydroxyl groups excluding tert-OH is 1. The molecule has 0 aliphatic carbocycles. The van der Waals surface area contributed by atoms with Crippen LogP contribution >= 0.6 is 0 Å². The number of alkyl halides is 5. The van der Waals surface area contributed by atoms with Crippen LogP contribution in [0.15, 0.2) is 66.7 Å². The molecule has 0 heterocycles. The normalized spacial score (nSPS) is 15.0. The second kappa shape index (κ2) is 13.4. The van der Waals surface area contributed by atoms with Gasteiger partial charge in [0.15, 0.2) is 0 Å². The molecule has 12 heteroatoms. The van der Waals surface area contributed by atoms with Gasteiger partial charge in [0.1, 0.15) is 18.0 Å². The smallest absolute Gasteiger partial charge is 0.399 e. The maximum atomic E-state index is 14.2. The molecule has 41 heavy (non-hydrogen) atoms. The van der Waals surface area contributed by atoms with E-state index in [9.17, 15) is 36.2 Å². The van der Waals surface area contributed by atoms with Gasteiger partial charge >= 0.3 is 6.18 Å². The molecular formula is C29H32F6N4O2. The monoisotopic (exact) mass is 582 g/mol. The van der Waals surface area contributed by atoms with E-state index in [0.29, 0.717) is 11.1 Å². The van der Waals surface area contributed by atoms with E-state index in [1.807, 2.05) is 0 Å². The number of carbonyl (C=O) groups excluding carboxylic acids is 1. The van der Waals surface area contributed by atoms with Gasteiger partial charge in [-0.3, -0.25) is 10.1 Å². The Bertz CT molecular complexity index is 1300. The van der Waals surface area contributed by atoms with Crippen molar-refractivity contribution in [1.29, 1.82) is 0 Å². The Balaban J connectivity index is 1.75. The Kier molecular flexibility index (Phi) is 10.4. The number of aliphatic hydroxyl groups is 1. The summed E-state index contributed by atoms with van der Waals surface area (Å²) < 4.78 is 82.1. The first-order chi connectivity index (χ1) is 19.2. The highest BCUT2D eigenvalue weighted by molar-refractivity contribution is 5.82. The van der Waals surface area contributed by atoms with E-state index in [4.69, 9.17) is 11.5 Å². The molecule has 7 N–H and O–H groups in total. The van der Waals surface area contributed by atoms with E-state index in [0.717, 1.165) is 6.07 Å². The van der Waals surface area contributed by atoms with Gasteiger partial charge in [-0.05, 0) is 45.9 Å². The second-order valence-electron chi connectivity index (χ2n) is 10.1. The van der Waals surface area contributed by atoms with Gasteiger partial charge in [0.05, 0.1) is 12.2 Å². The number of amides is 1. The van der Waals surface area contributed by atoms with Crippen molar-refractivity contribution in [2.45, 2.75) is 57.2 Å². The van der Waals surface area contributed by atoms with Gasteiger partial charge in [-0.2, -0.15) is 13.2 Å². The minimum Gasteiger partial charge on any atom is -0.399 e. The number of anilines is 1. The summed E-state index contributed by atoms with van der Waals surface area (Å²) in [4.78, 5) is 13.0. The number of nitrogens with two attached hydrogens (primary N) is 2. The summed E-state index contributed by atoms with van der Waals surface area (Å²) >= 11 is 0. The van der Waals surface area contributed by atoms with Gasteiger partial charge < -0.3 is 21.9 Å². The molecule has 0 bridgehead atoms. The number of nitrogens with one attached hydrogen (secondary N) is 2. The number of carbonyl (C=O) groups is 1. The fourth-order valence-electron chi connectivity index (χ4n) is 4.31. The highest BCUT2D eigenvalue weighted by Gasteiger charge is 2.43. The molecule has 0 saturated heterocycles. The van der Waals surface area contributed by atoms with E-state index in [-0.39, 0.29) is 28.8 Å². The lowest BCUT2D eigenvalue weighted by molar-refractivity contribution is -0.161. The number of benzene rings is 3. The minimum atomic E-state index is -4.77. The van der Waals surface area contributed by atoms with Crippen molar-refractivity contribution in [1.82, 2.24) is 10.6 Å². The highest BCUT2D eigenvalue weighted by atomic mass is 19.4. The SMILES string of the molecule is CC(C)[C@H](N[C@@H](c1ccc(-c2ccc([C@@H](O)C(F)F)cc2)cc1)C(F)(F)F)C(=O)N[C@H](N)Cc1ccc(N)cc1F. The summed E-state index contributed by atoms with van der Waals surface area (Å²) in [6.45, 7) is 3.15.